The zero-order chi connectivity index (χ0) is 14.6. The molecule has 1 aromatic rings. The summed E-state index contributed by atoms with van der Waals surface area (Å²) in [5.74, 6) is -0.0409. The van der Waals surface area contributed by atoms with Crippen LogP contribution in [0.1, 0.15) is 50.2 Å². The molecule has 2 atom stereocenters. The maximum absolute atomic E-state index is 12.1. The van der Waals surface area contributed by atoms with Gasteiger partial charge in [0.05, 0.1) is 16.9 Å². The number of aliphatic hydroxyl groups is 1. The Kier molecular flexibility index (Phi) is 5.11. The van der Waals surface area contributed by atoms with Crippen molar-refractivity contribution in [2.24, 2.45) is 13.0 Å². The second-order valence-corrected chi connectivity index (χ2v) is 5.37. The van der Waals surface area contributed by atoms with E-state index in [2.05, 4.69) is 10.4 Å². The molecule has 108 valence electrons. The number of aromatic nitrogens is 2. The number of rotatable bonds is 6. The molecule has 0 fully saturated rings. The van der Waals surface area contributed by atoms with Gasteiger partial charge in [0.25, 0.3) is 5.91 Å². The van der Waals surface area contributed by atoms with Crippen LogP contribution in [0.15, 0.2) is 6.20 Å². The highest BCUT2D eigenvalue weighted by Gasteiger charge is 2.28. The molecule has 0 aliphatic heterocycles. The van der Waals surface area contributed by atoms with Crippen LogP contribution in [-0.4, -0.2) is 32.9 Å². The van der Waals surface area contributed by atoms with Crippen molar-refractivity contribution in [2.45, 2.75) is 46.1 Å². The fraction of sp³-hybridized carbons (Fsp3) is 0.714. The van der Waals surface area contributed by atoms with E-state index in [0.29, 0.717) is 12.0 Å². The summed E-state index contributed by atoms with van der Waals surface area (Å²) in [6.07, 6.45) is 3.30. The van der Waals surface area contributed by atoms with Gasteiger partial charge in [-0.05, 0) is 19.3 Å². The van der Waals surface area contributed by atoms with Crippen molar-refractivity contribution in [2.75, 3.05) is 6.54 Å². The lowest BCUT2D eigenvalue weighted by atomic mass is 9.88. The van der Waals surface area contributed by atoms with E-state index < -0.39 is 5.60 Å². The van der Waals surface area contributed by atoms with E-state index in [4.69, 9.17) is 0 Å². The molecule has 0 spiro atoms. The maximum Gasteiger partial charge on any atom is 0.254 e. The zero-order valence-electron chi connectivity index (χ0n) is 12.5. The molecule has 0 aliphatic carbocycles. The zero-order valence-corrected chi connectivity index (χ0v) is 12.5. The minimum absolute atomic E-state index is 0.132. The van der Waals surface area contributed by atoms with Crippen LogP contribution in [0.5, 0.6) is 0 Å². The highest BCUT2D eigenvalue weighted by atomic mass is 16.3. The van der Waals surface area contributed by atoms with Crippen LogP contribution in [0.3, 0.4) is 0 Å². The van der Waals surface area contributed by atoms with Gasteiger partial charge in [-0.15, -0.1) is 0 Å². The minimum Gasteiger partial charge on any atom is -0.388 e. The number of aryl methyl sites for hydroxylation is 2. The third-order valence-corrected chi connectivity index (χ3v) is 3.77. The average Bonchev–Trinajstić information content (AvgIpc) is 2.76. The van der Waals surface area contributed by atoms with E-state index in [1.165, 1.54) is 0 Å². The fourth-order valence-electron chi connectivity index (χ4n) is 1.95. The number of hydrogen-bond acceptors (Lipinski definition) is 3. The van der Waals surface area contributed by atoms with Gasteiger partial charge in [-0.3, -0.25) is 9.48 Å². The Morgan fingerprint density at radius 3 is 2.74 bits per heavy atom. The maximum atomic E-state index is 12.1. The monoisotopic (exact) mass is 267 g/mol. The highest BCUT2D eigenvalue weighted by molar-refractivity contribution is 5.95. The van der Waals surface area contributed by atoms with Crippen molar-refractivity contribution in [1.29, 1.82) is 0 Å². The van der Waals surface area contributed by atoms with Crippen molar-refractivity contribution >= 4 is 5.91 Å². The van der Waals surface area contributed by atoms with E-state index in [1.54, 1.807) is 24.9 Å². The number of carbonyl (C=O) groups is 1. The SMILES string of the molecule is CCc1nn(C)cc1C(=O)NCC(C)(O)C(C)CC. The largest absolute Gasteiger partial charge is 0.388 e. The van der Waals surface area contributed by atoms with Gasteiger partial charge in [-0.25, -0.2) is 0 Å². The van der Waals surface area contributed by atoms with Gasteiger partial charge in [0, 0.05) is 19.8 Å². The lowest BCUT2D eigenvalue weighted by Gasteiger charge is -2.29. The first-order valence-electron chi connectivity index (χ1n) is 6.84. The summed E-state index contributed by atoms with van der Waals surface area (Å²) in [7, 11) is 1.80. The molecular formula is C14H25N3O2. The summed E-state index contributed by atoms with van der Waals surface area (Å²) in [6, 6.07) is 0. The molecule has 5 heteroatoms. The van der Waals surface area contributed by atoms with Gasteiger partial charge in [0.2, 0.25) is 0 Å². The first kappa shape index (κ1) is 15.7. The van der Waals surface area contributed by atoms with Crippen LogP contribution in [0.4, 0.5) is 0 Å². The molecule has 0 saturated carbocycles. The number of nitrogens with zero attached hydrogens (tertiary/aromatic N) is 2. The van der Waals surface area contributed by atoms with Gasteiger partial charge >= 0.3 is 0 Å². The molecule has 0 aliphatic rings. The molecular weight excluding hydrogens is 242 g/mol. The molecule has 1 rings (SSSR count). The second kappa shape index (κ2) is 6.19. The number of hydrogen-bond donors (Lipinski definition) is 2. The number of amides is 1. The Morgan fingerprint density at radius 1 is 1.58 bits per heavy atom. The molecule has 0 saturated heterocycles. The Balaban J connectivity index is 2.70. The second-order valence-electron chi connectivity index (χ2n) is 5.37. The highest BCUT2D eigenvalue weighted by Crippen LogP contribution is 2.19. The fourth-order valence-corrected chi connectivity index (χ4v) is 1.95. The predicted octanol–water partition coefficient (Wildman–Crippen LogP) is 1.51. The third-order valence-electron chi connectivity index (χ3n) is 3.77. The molecule has 1 aromatic heterocycles. The summed E-state index contributed by atoms with van der Waals surface area (Å²) in [5, 5.41) is 17.3. The Morgan fingerprint density at radius 2 is 2.21 bits per heavy atom. The van der Waals surface area contributed by atoms with Gasteiger partial charge in [-0.2, -0.15) is 5.10 Å². The normalized spacial score (nSPS) is 15.9. The van der Waals surface area contributed by atoms with Crippen LogP contribution in [0.25, 0.3) is 0 Å². The first-order chi connectivity index (χ1) is 8.81. The van der Waals surface area contributed by atoms with Gasteiger partial charge in [0.15, 0.2) is 0 Å². The van der Waals surface area contributed by atoms with Gasteiger partial charge in [0.1, 0.15) is 0 Å². The van der Waals surface area contributed by atoms with E-state index in [-0.39, 0.29) is 18.4 Å². The summed E-state index contributed by atoms with van der Waals surface area (Å²) in [6.45, 7) is 7.98. The van der Waals surface area contributed by atoms with Crippen LogP contribution >= 0.6 is 0 Å². The molecule has 1 heterocycles. The molecule has 0 radical (unpaired) electrons. The molecule has 0 bridgehead atoms. The lowest BCUT2D eigenvalue weighted by Crippen LogP contribution is -2.45. The quantitative estimate of drug-likeness (QED) is 0.821. The minimum atomic E-state index is -0.890. The van der Waals surface area contributed by atoms with E-state index in [0.717, 1.165) is 12.1 Å². The van der Waals surface area contributed by atoms with E-state index in [9.17, 15) is 9.90 Å². The molecule has 2 unspecified atom stereocenters. The molecule has 1 amide bonds. The smallest absolute Gasteiger partial charge is 0.254 e. The molecule has 5 nitrogen and oxygen atoms in total. The summed E-state index contributed by atoms with van der Waals surface area (Å²) in [4.78, 5) is 12.1. The van der Waals surface area contributed by atoms with E-state index >= 15 is 0 Å². The first-order valence-corrected chi connectivity index (χ1v) is 6.84. The van der Waals surface area contributed by atoms with E-state index in [1.807, 2.05) is 20.8 Å². The summed E-state index contributed by atoms with van der Waals surface area (Å²) < 4.78 is 1.64. The van der Waals surface area contributed by atoms with Crippen molar-refractivity contribution in [1.82, 2.24) is 15.1 Å². The molecule has 0 aromatic carbocycles. The Labute approximate surface area is 115 Å². The van der Waals surface area contributed by atoms with Crippen LogP contribution in [0.2, 0.25) is 0 Å². The number of carbonyl (C=O) groups excluding carboxylic acids is 1. The van der Waals surface area contributed by atoms with Crippen LogP contribution in [0, 0.1) is 5.92 Å². The Hall–Kier alpha value is -1.36. The van der Waals surface area contributed by atoms with Crippen molar-refractivity contribution in [3.8, 4) is 0 Å². The number of nitrogens with one attached hydrogen (secondary N) is 1. The van der Waals surface area contributed by atoms with Crippen molar-refractivity contribution in [3.05, 3.63) is 17.5 Å². The Bertz CT molecular complexity index is 438. The van der Waals surface area contributed by atoms with Gasteiger partial charge < -0.3 is 10.4 Å². The molecule has 19 heavy (non-hydrogen) atoms. The standard InChI is InChI=1S/C14H25N3O2/c1-6-10(3)14(4,19)9-15-13(18)11-8-17(5)16-12(11)7-2/h8,10,19H,6-7,9H2,1-5H3,(H,15,18). The van der Waals surface area contributed by atoms with Crippen molar-refractivity contribution < 1.29 is 9.90 Å². The predicted molar refractivity (Wildman–Crippen MR) is 75.0 cm³/mol. The van der Waals surface area contributed by atoms with Crippen LogP contribution in [-0.2, 0) is 13.5 Å². The van der Waals surface area contributed by atoms with Crippen molar-refractivity contribution in [3.63, 3.8) is 0 Å². The summed E-state index contributed by atoms with van der Waals surface area (Å²) >= 11 is 0. The van der Waals surface area contributed by atoms with Gasteiger partial charge in [-0.1, -0.05) is 27.2 Å². The lowest BCUT2D eigenvalue weighted by molar-refractivity contribution is 0.00591. The molecule has 2 N–H and O–H groups in total. The average molecular weight is 267 g/mol. The third kappa shape index (κ3) is 3.80. The summed E-state index contributed by atoms with van der Waals surface area (Å²) in [5.41, 5.74) is 0.479. The van der Waals surface area contributed by atoms with Crippen LogP contribution < -0.4 is 5.32 Å². The topological polar surface area (TPSA) is 67.2 Å².